The van der Waals surface area contributed by atoms with Gasteiger partial charge in [-0.05, 0) is 70.6 Å². The highest BCUT2D eigenvalue weighted by Gasteiger charge is 2.54. The predicted octanol–water partition coefficient (Wildman–Crippen LogP) is 8.36. The Balaban J connectivity index is 2.66. The second-order valence-corrected chi connectivity index (χ2v) is 19.2. The Kier molecular flexibility index (Phi) is 36.1. The van der Waals surface area contributed by atoms with Crippen molar-refractivity contribution in [1.29, 1.82) is 0 Å². The Morgan fingerprint density at radius 2 is 1.10 bits per heavy atom. The van der Waals surface area contributed by atoms with E-state index in [1.165, 1.54) is 38.5 Å². The van der Waals surface area contributed by atoms with Crippen molar-refractivity contribution < 1.29 is 82.0 Å². The van der Waals surface area contributed by atoms with Crippen LogP contribution in [0.1, 0.15) is 149 Å². The second kappa shape index (κ2) is 38.8. The minimum absolute atomic E-state index is 0.00401. The van der Waals surface area contributed by atoms with E-state index in [2.05, 4.69) is 42.7 Å². The third-order valence-corrected chi connectivity index (χ3v) is 12.1. The van der Waals surface area contributed by atoms with Gasteiger partial charge in [-0.2, -0.15) is 0 Å². The van der Waals surface area contributed by atoms with Gasteiger partial charge in [0.2, 0.25) is 0 Å². The zero-order chi connectivity index (χ0) is 50.5. The lowest BCUT2D eigenvalue weighted by atomic mass is 9.85. The summed E-state index contributed by atoms with van der Waals surface area (Å²) in [6.07, 6.45) is 30.0. The zero-order valence-electron chi connectivity index (χ0n) is 40.1. The van der Waals surface area contributed by atoms with Crippen molar-refractivity contribution in [1.82, 2.24) is 0 Å². The lowest BCUT2D eigenvalue weighted by Gasteiger charge is -2.43. The van der Waals surface area contributed by atoms with Crippen molar-refractivity contribution in [3.8, 4) is 0 Å². The maximum Gasteiger partial charge on any atom is 0.472 e. The summed E-state index contributed by atoms with van der Waals surface area (Å²) in [6, 6.07) is 0. The van der Waals surface area contributed by atoms with E-state index in [0.29, 0.717) is 32.1 Å². The van der Waals surface area contributed by atoms with E-state index in [0.717, 1.165) is 51.4 Å². The van der Waals surface area contributed by atoms with Crippen LogP contribution in [0, 0.1) is 0 Å². The van der Waals surface area contributed by atoms with Gasteiger partial charge in [0.1, 0.15) is 43.2 Å². The summed E-state index contributed by atoms with van der Waals surface area (Å²) in [7, 11) is -10.7. The Morgan fingerprint density at radius 3 is 1.74 bits per heavy atom. The Bertz CT molecular complexity index is 1650. The molecule has 1 aliphatic rings. The first-order valence-electron chi connectivity index (χ1n) is 24.2. The molecule has 1 rings (SSSR count). The molecule has 390 valence electrons. The smallest absolute Gasteiger partial charge is 0.462 e. The molecule has 9 atom stereocenters. The molecule has 0 heterocycles. The molecule has 0 radical (unpaired) electrons. The number of carbonyl (C=O) groups excluding carboxylic acids is 2. The van der Waals surface area contributed by atoms with Gasteiger partial charge >= 0.3 is 27.6 Å². The van der Waals surface area contributed by atoms with Crippen LogP contribution in [-0.2, 0) is 41.8 Å². The van der Waals surface area contributed by atoms with Crippen molar-refractivity contribution in [3.63, 3.8) is 0 Å². The highest BCUT2D eigenvalue weighted by atomic mass is 31.2. The summed E-state index contributed by atoms with van der Waals surface area (Å²) in [5, 5.41) is 51.3. The normalized spacial score (nSPS) is 22.4. The predicted molar refractivity (Wildman–Crippen MR) is 261 cm³/mol. The summed E-state index contributed by atoms with van der Waals surface area (Å²) in [4.78, 5) is 54.3. The summed E-state index contributed by atoms with van der Waals surface area (Å²) in [6.45, 7) is 2.85. The van der Waals surface area contributed by atoms with Gasteiger partial charge in [-0.3, -0.25) is 23.2 Å². The van der Waals surface area contributed by atoms with Gasteiger partial charge in [0.15, 0.2) is 6.10 Å². The summed E-state index contributed by atoms with van der Waals surface area (Å²) >= 11 is 0. The van der Waals surface area contributed by atoms with Crippen molar-refractivity contribution in [2.75, 3.05) is 13.2 Å². The molecule has 0 aromatic carbocycles. The Labute approximate surface area is 404 Å². The van der Waals surface area contributed by atoms with Crippen LogP contribution in [-0.4, -0.2) is 114 Å². The lowest BCUT2D eigenvalue weighted by molar-refractivity contribution is -0.216. The molecule has 0 aromatic heterocycles. The maximum atomic E-state index is 13.0. The number of phosphoric ester groups is 2. The number of rotatable bonds is 39. The molecule has 68 heavy (non-hydrogen) atoms. The standard InChI is InChI=1S/C49H82O17P2/c1-3-5-7-9-11-12-13-14-15-16-17-22-25-29-33-37-43(52)64-41(39-63-68(60,61)66-49-46(55)44(53)45(54)48(47(49)56)65-67(57,58)59)38-62-42(51)36-32-28-24-21-19-18-20-23-27-31-35-40(50)34-30-26-10-8-6-4-2/h6,8,14-15,18-19,23-24,26-28,30-31,35,40-41,44-50,53-56H,3-5,7,9-13,16-17,20-22,25,29,32-34,36-39H2,1-2H3,(H,60,61)(H2,57,58,59)/b8-6-,15-14-,19-18-,27-23-,28-24-,30-26-,35-31+/t40?,41-,44?,45?,46?,47?,48-,49+/m1/s1. The number of esters is 2. The van der Waals surface area contributed by atoms with Crippen molar-refractivity contribution >= 4 is 27.6 Å². The van der Waals surface area contributed by atoms with Gasteiger partial charge in [0, 0.05) is 12.8 Å². The topological polar surface area (TPSA) is 276 Å². The van der Waals surface area contributed by atoms with Crippen LogP contribution in [0.4, 0.5) is 0 Å². The SMILES string of the molecule is CC/C=C\C/C=C\CC(O)/C=C/C=C\C/C=C\C/C=C\CCC(=O)OC[C@H](COP(=O)(O)O[C@H]1C(O)C(O)C(O)[C@@H](OP(=O)(O)O)C1O)OC(=O)CCCCCCC/C=C\CCCCCCCC. The first-order chi connectivity index (χ1) is 32.5. The molecule has 1 aliphatic carbocycles. The molecule has 0 aromatic rings. The fraction of sp³-hybridized carbons (Fsp3) is 0.673. The quantitative estimate of drug-likeness (QED) is 0.00944. The molecular weight excluding hydrogens is 922 g/mol. The van der Waals surface area contributed by atoms with Crippen LogP contribution in [0.3, 0.4) is 0 Å². The van der Waals surface area contributed by atoms with E-state index in [1.807, 2.05) is 48.6 Å². The lowest BCUT2D eigenvalue weighted by Crippen LogP contribution is -2.64. The highest BCUT2D eigenvalue weighted by Crippen LogP contribution is 2.49. The van der Waals surface area contributed by atoms with Crippen molar-refractivity contribution in [2.45, 2.75) is 198 Å². The van der Waals surface area contributed by atoms with E-state index in [4.69, 9.17) is 18.5 Å². The number of phosphoric acid groups is 2. The van der Waals surface area contributed by atoms with Crippen LogP contribution in [0.5, 0.6) is 0 Å². The summed E-state index contributed by atoms with van der Waals surface area (Å²) in [5.41, 5.74) is 0. The van der Waals surface area contributed by atoms with Gasteiger partial charge in [-0.25, -0.2) is 9.13 Å². The molecule has 6 unspecified atom stereocenters. The summed E-state index contributed by atoms with van der Waals surface area (Å²) < 4.78 is 49.3. The van der Waals surface area contributed by atoms with Gasteiger partial charge < -0.3 is 49.7 Å². The molecule has 0 saturated heterocycles. The van der Waals surface area contributed by atoms with E-state index in [1.54, 1.807) is 12.2 Å². The first-order valence-corrected chi connectivity index (χ1v) is 27.3. The van der Waals surface area contributed by atoms with Crippen LogP contribution < -0.4 is 0 Å². The molecule has 8 N–H and O–H groups in total. The highest BCUT2D eigenvalue weighted by molar-refractivity contribution is 7.47. The average Bonchev–Trinajstić information content (AvgIpc) is 3.29. The fourth-order valence-electron chi connectivity index (χ4n) is 6.78. The zero-order valence-corrected chi connectivity index (χ0v) is 41.9. The fourth-order valence-corrected chi connectivity index (χ4v) is 8.32. The maximum absolute atomic E-state index is 13.0. The number of aliphatic hydroxyl groups excluding tert-OH is 5. The number of carbonyl (C=O) groups is 2. The van der Waals surface area contributed by atoms with Gasteiger partial charge in [-0.15, -0.1) is 0 Å². The minimum Gasteiger partial charge on any atom is -0.462 e. The molecule has 0 amide bonds. The molecule has 1 saturated carbocycles. The third kappa shape index (κ3) is 32.9. The van der Waals surface area contributed by atoms with E-state index < -0.39 is 89.6 Å². The number of ether oxygens (including phenoxy) is 2. The number of unbranched alkanes of at least 4 members (excludes halogenated alkanes) is 11. The van der Waals surface area contributed by atoms with E-state index >= 15 is 0 Å². The number of aliphatic hydroxyl groups is 5. The summed E-state index contributed by atoms with van der Waals surface area (Å²) in [5.74, 6) is -1.35. The van der Waals surface area contributed by atoms with Gasteiger partial charge in [0.05, 0.1) is 12.7 Å². The van der Waals surface area contributed by atoms with E-state index in [-0.39, 0.29) is 12.8 Å². The van der Waals surface area contributed by atoms with Crippen molar-refractivity contribution in [2.24, 2.45) is 0 Å². The molecular formula is C49H82O17P2. The third-order valence-electron chi connectivity index (χ3n) is 10.5. The Morgan fingerprint density at radius 1 is 0.559 bits per heavy atom. The van der Waals surface area contributed by atoms with Crippen LogP contribution >= 0.6 is 15.6 Å². The van der Waals surface area contributed by atoms with E-state index in [9.17, 15) is 58.9 Å². The number of hydrogen-bond acceptors (Lipinski definition) is 14. The van der Waals surface area contributed by atoms with Crippen LogP contribution in [0.2, 0.25) is 0 Å². The minimum atomic E-state index is -5.38. The molecule has 19 heteroatoms. The largest absolute Gasteiger partial charge is 0.472 e. The molecule has 17 nitrogen and oxygen atoms in total. The monoisotopic (exact) mass is 1000 g/mol. The second-order valence-electron chi connectivity index (χ2n) is 16.6. The van der Waals surface area contributed by atoms with Crippen LogP contribution in [0.25, 0.3) is 0 Å². The average molecular weight is 1010 g/mol. The Hall–Kier alpha value is -2.86. The molecule has 0 aliphatic heterocycles. The number of allylic oxidation sites excluding steroid dienone is 12. The molecule has 0 bridgehead atoms. The van der Waals surface area contributed by atoms with Crippen LogP contribution in [0.15, 0.2) is 85.1 Å². The molecule has 1 fully saturated rings. The first kappa shape index (κ1) is 63.2. The van der Waals surface area contributed by atoms with Gasteiger partial charge in [-0.1, -0.05) is 150 Å². The number of hydrogen-bond donors (Lipinski definition) is 8. The van der Waals surface area contributed by atoms with Gasteiger partial charge in [0.25, 0.3) is 0 Å². The van der Waals surface area contributed by atoms with Crippen molar-refractivity contribution in [3.05, 3.63) is 85.1 Å². The molecule has 0 spiro atoms.